The first-order chi connectivity index (χ1) is 33.7. The summed E-state index contributed by atoms with van der Waals surface area (Å²) in [5, 5.41) is 4.98. The van der Waals surface area contributed by atoms with Crippen molar-refractivity contribution in [3.05, 3.63) is 267 Å². The zero-order valence-electron chi connectivity index (χ0n) is 37.3. The van der Waals surface area contributed by atoms with Gasteiger partial charge in [0.15, 0.2) is 0 Å². The summed E-state index contributed by atoms with van der Waals surface area (Å²) in [6, 6.07) is 97.4. The zero-order valence-corrected chi connectivity index (χ0v) is 37.3. The van der Waals surface area contributed by atoms with Gasteiger partial charge in [-0.25, -0.2) is 0 Å². The number of fused-ring (bicyclic) bond motifs is 6. The molecule has 13 aromatic rings. The van der Waals surface area contributed by atoms with Gasteiger partial charge in [-0.2, -0.15) is 0 Å². The SMILES string of the molecule is c1ccc(-c2ccc3c(c2)c2cc(-c4cccc(-c5ccccc5-c5ccccc5-c5cccc(-c6ccc7c(c6)c6ccccc6n7-c6ccccc6)c5)c4)ccc2n3-c2ccccc2)cc1. The van der Waals surface area contributed by atoms with Crippen LogP contribution in [-0.4, -0.2) is 9.13 Å². The van der Waals surface area contributed by atoms with E-state index in [1.165, 1.54) is 116 Å². The van der Waals surface area contributed by atoms with Crippen molar-refractivity contribution in [2.24, 2.45) is 0 Å². The first-order valence-corrected chi connectivity index (χ1v) is 23.4. The third-order valence-corrected chi connectivity index (χ3v) is 13.7. The maximum atomic E-state index is 2.40. The van der Waals surface area contributed by atoms with Crippen molar-refractivity contribution in [3.63, 3.8) is 0 Å². The average molecular weight is 865 g/mol. The van der Waals surface area contributed by atoms with Crippen molar-refractivity contribution in [2.45, 2.75) is 0 Å². The van der Waals surface area contributed by atoms with Gasteiger partial charge in [-0.15, -0.1) is 0 Å². The molecule has 13 rings (SSSR count). The van der Waals surface area contributed by atoms with Crippen molar-refractivity contribution < 1.29 is 0 Å². The van der Waals surface area contributed by atoms with Gasteiger partial charge in [0.2, 0.25) is 0 Å². The van der Waals surface area contributed by atoms with Crippen LogP contribution in [-0.2, 0) is 0 Å². The lowest BCUT2D eigenvalue weighted by Gasteiger charge is -2.16. The van der Waals surface area contributed by atoms with E-state index in [2.05, 4.69) is 276 Å². The average Bonchev–Trinajstić information content (AvgIpc) is 3.93. The maximum Gasteiger partial charge on any atom is 0.0541 e. The van der Waals surface area contributed by atoms with E-state index in [1.807, 2.05) is 0 Å². The lowest BCUT2D eigenvalue weighted by atomic mass is 9.88. The first-order valence-electron chi connectivity index (χ1n) is 23.4. The van der Waals surface area contributed by atoms with Gasteiger partial charge in [0, 0.05) is 32.9 Å². The Balaban J connectivity index is 0.886. The Hall–Kier alpha value is -8.98. The van der Waals surface area contributed by atoms with Gasteiger partial charge in [-0.1, -0.05) is 188 Å². The molecule has 0 fully saturated rings. The third-order valence-electron chi connectivity index (χ3n) is 13.7. The topological polar surface area (TPSA) is 9.86 Å². The standard InChI is InChI=1S/C66H44N2/c1-4-18-45(19-5-1)48-34-37-65-61(42-48)62-44-50(36-39-66(62)68(65)54-26-8-3-9-27-54)47-21-17-23-52(41-47)56-29-11-13-31-58(56)57-30-12-10-28-55(57)51-22-16-20-46(40-51)49-35-38-64-60(43-49)59-32-14-15-33-63(59)67(64)53-24-6-2-7-25-53/h1-44H. The van der Waals surface area contributed by atoms with Crippen molar-refractivity contribution in [3.8, 4) is 78.1 Å². The molecule has 0 amide bonds. The van der Waals surface area contributed by atoms with E-state index >= 15 is 0 Å². The molecule has 2 nitrogen and oxygen atoms in total. The summed E-state index contributed by atoms with van der Waals surface area (Å²) in [5.41, 5.74) is 21.5. The summed E-state index contributed by atoms with van der Waals surface area (Å²) in [6.07, 6.45) is 0. The molecular weight excluding hydrogens is 821 g/mol. The minimum absolute atomic E-state index is 1.16. The summed E-state index contributed by atoms with van der Waals surface area (Å²) >= 11 is 0. The van der Waals surface area contributed by atoms with E-state index in [9.17, 15) is 0 Å². The molecule has 2 heterocycles. The Morgan fingerprint density at radius 3 is 0.985 bits per heavy atom. The molecule has 0 aliphatic carbocycles. The molecule has 0 unspecified atom stereocenters. The monoisotopic (exact) mass is 864 g/mol. The van der Waals surface area contributed by atoms with Gasteiger partial charge in [-0.3, -0.25) is 0 Å². The van der Waals surface area contributed by atoms with Crippen LogP contribution < -0.4 is 0 Å². The van der Waals surface area contributed by atoms with Crippen LogP contribution in [0.15, 0.2) is 267 Å². The normalized spacial score (nSPS) is 11.5. The lowest BCUT2D eigenvalue weighted by Crippen LogP contribution is -1.93. The largest absolute Gasteiger partial charge is 0.309 e. The molecule has 2 aromatic heterocycles. The van der Waals surface area contributed by atoms with Crippen molar-refractivity contribution in [1.29, 1.82) is 0 Å². The fourth-order valence-corrected chi connectivity index (χ4v) is 10.5. The number of rotatable bonds is 8. The number of hydrogen-bond donors (Lipinski definition) is 0. The summed E-state index contributed by atoms with van der Waals surface area (Å²) in [4.78, 5) is 0. The molecule has 318 valence electrons. The van der Waals surface area contributed by atoms with Crippen LogP contribution in [0.25, 0.3) is 122 Å². The van der Waals surface area contributed by atoms with Crippen LogP contribution >= 0.6 is 0 Å². The number of para-hydroxylation sites is 3. The zero-order chi connectivity index (χ0) is 45.0. The molecule has 0 bridgehead atoms. The Bertz CT molecular complexity index is 4010. The molecule has 2 heteroatoms. The van der Waals surface area contributed by atoms with E-state index < -0.39 is 0 Å². The van der Waals surface area contributed by atoms with Crippen LogP contribution in [0.2, 0.25) is 0 Å². The Morgan fingerprint density at radius 2 is 0.500 bits per heavy atom. The number of nitrogens with zero attached hydrogens (tertiary/aromatic N) is 2. The maximum absolute atomic E-state index is 2.40. The van der Waals surface area contributed by atoms with Gasteiger partial charge in [-0.05, 0) is 146 Å². The van der Waals surface area contributed by atoms with E-state index in [-0.39, 0.29) is 0 Å². The van der Waals surface area contributed by atoms with Crippen LogP contribution in [0.3, 0.4) is 0 Å². The van der Waals surface area contributed by atoms with Crippen LogP contribution in [0, 0.1) is 0 Å². The molecule has 0 saturated carbocycles. The molecule has 0 aliphatic heterocycles. The van der Waals surface area contributed by atoms with Gasteiger partial charge >= 0.3 is 0 Å². The van der Waals surface area contributed by atoms with Crippen LogP contribution in [0.1, 0.15) is 0 Å². The summed E-state index contributed by atoms with van der Waals surface area (Å²) in [6.45, 7) is 0. The van der Waals surface area contributed by atoms with Gasteiger partial charge in [0.25, 0.3) is 0 Å². The lowest BCUT2D eigenvalue weighted by molar-refractivity contribution is 1.18. The van der Waals surface area contributed by atoms with Crippen molar-refractivity contribution >= 4 is 43.6 Å². The summed E-state index contributed by atoms with van der Waals surface area (Å²) in [7, 11) is 0. The number of aromatic nitrogens is 2. The predicted octanol–water partition coefficient (Wildman–Crippen LogP) is 17.9. The highest BCUT2D eigenvalue weighted by molar-refractivity contribution is 6.12. The molecule has 0 atom stereocenters. The Kier molecular flexibility index (Phi) is 9.54. The number of hydrogen-bond acceptors (Lipinski definition) is 0. The molecular formula is C66H44N2. The molecule has 11 aromatic carbocycles. The van der Waals surface area contributed by atoms with Crippen LogP contribution in [0.4, 0.5) is 0 Å². The fraction of sp³-hybridized carbons (Fsp3) is 0. The van der Waals surface area contributed by atoms with Crippen molar-refractivity contribution in [1.82, 2.24) is 9.13 Å². The number of benzene rings is 11. The van der Waals surface area contributed by atoms with E-state index in [0.29, 0.717) is 0 Å². The predicted molar refractivity (Wildman–Crippen MR) is 288 cm³/mol. The molecule has 68 heavy (non-hydrogen) atoms. The Labute approximate surface area is 395 Å². The minimum atomic E-state index is 1.16. The second-order valence-electron chi connectivity index (χ2n) is 17.7. The highest BCUT2D eigenvalue weighted by Crippen LogP contribution is 2.42. The quantitative estimate of drug-likeness (QED) is 0.144. The highest BCUT2D eigenvalue weighted by Gasteiger charge is 2.18. The highest BCUT2D eigenvalue weighted by atomic mass is 15.0. The van der Waals surface area contributed by atoms with Crippen LogP contribution in [0.5, 0.6) is 0 Å². The molecule has 0 N–H and O–H groups in total. The molecule has 0 spiro atoms. The van der Waals surface area contributed by atoms with Gasteiger partial charge in [0.05, 0.1) is 22.1 Å². The molecule has 0 saturated heterocycles. The summed E-state index contributed by atoms with van der Waals surface area (Å²) < 4.78 is 4.77. The van der Waals surface area contributed by atoms with Gasteiger partial charge in [0.1, 0.15) is 0 Å². The first kappa shape index (κ1) is 39.4. The fourth-order valence-electron chi connectivity index (χ4n) is 10.5. The third kappa shape index (κ3) is 6.73. The smallest absolute Gasteiger partial charge is 0.0541 e. The minimum Gasteiger partial charge on any atom is -0.309 e. The molecule has 0 radical (unpaired) electrons. The molecule has 0 aliphatic rings. The summed E-state index contributed by atoms with van der Waals surface area (Å²) in [5.74, 6) is 0. The second kappa shape index (κ2) is 16.5. The van der Waals surface area contributed by atoms with Crippen molar-refractivity contribution in [2.75, 3.05) is 0 Å². The Morgan fingerprint density at radius 1 is 0.176 bits per heavy atom. The van der Waals surface area contributed by atoms with E-state index in [0.717, 1.165) is 5.69 Å². The second-order valence-corrected chi connectivity index (χ2v) is 17.7. The van der Waals surface area contributed by atoms with E-state index in [1.54, 1.807) is 0 Å². The van der Waals surface area contributed by atoms with Gasteiger partial charge < -0.3 is 9.13 Å². The van der Waals surface area contributed by atoms with E-state index in [4.69, 9.17) is 0 Å².